The number of hydrogen-bond donors (Lipinski definition) is 0. The maximum atomic E-state index is 13.5. The summed E-state index contributed by atoms with van der Waals surface area (Å²) < 4.78 is 15.4. The highest BCUT2D eigenvalue weighted by Crippen LogP contribution is 2.16. The van der Waals surface area contributed by atoms with Gasteiger partial charge in [-0.3, -0.25) is 4.79 Å². The standard InChI is InChI=1S/C9H6ClFN2O2S/c1-12-8(14)13(9(15)16-12)7-3-2-5(10)4-6(7)11/h2-4H,1H3. The fourth-order valence-corrected chi connectivity index (χ4v) is 2.09. The van der Waals surface area contributed by atoms with E-state index in [1.807, 2.05) is 0 Å². The first kappa shape index (κ1) is 11.1. The minimum Gasteiger partial charge on any atom is -0.255 e. The summed E-state index contributed by atoms with van der Waals surface area (Å²) in [5.74, 6) is -0.704. The lowest BCUT2D eigenvalue weighted by molar-refractivity contribution is 0.613. The predicted octanol–water partition coefficient (Wildman–Crippen LogP) is 1.39. The minimum absolute atomic E-state index is 0.0868. The van der Waals surface area contributed by atoms with Crippen molar-refractivity contribution in [1.82, 2.24) is 8.52 Å². The van der Waals surface area contributed by atoms with Gasteiger partial charge in [0.15, 0.2) is 0 Å². The van der Waals surface area contributed by atoms with Gasteiger partial charge in [0.1, 0.15) is 5.82 Å². The maximum Gasteiger partial charge on any atom is 0.345 e. The summed E-state index contributed by atoms with van der Waals surface area (Å²) in [6, 6.07) is 3.77. The van der Waals surface area contributed by atoms with Crippen molar-refractivity contribution in [3.63, 3.8) is 0 Å². The normalized spacial score (nSPS) is 10.7. The van der Waals surface area contributed by atoms with Crippen LogP contribution in [0.3, 0.4) is 0 Å². The lowest BCUT2D eigenvalue weighted by Gasteiger charge is -2.01. The summed E-state index contributed by atoms with van der Waals surface area (Å²) in [6.07, 6.45) is 0. The van der Waals surface area contributed by atoms with Gasteiger partial charge in [0.05, 0.1) is 5.69 Å². The summed E-state index contributed by atoms with van der Waals surface area (Å²) in [5.41, 5.74) is -0.660. The Morgan fingerprint density at radius 1 is 1.38 bits per heavy atom. The summed E-state index contributed by atoms with van der Waals surface area (Å²) in [5, 5.41) is 0.210. The van der Waals surface area contributed by atoms with E-state index < -0.39 is 16.4 Å². The van der Waals surface area contributed by atoms with Crippen LogP contribution in [0.5, 0.6) is 0 Å². The summed E-state index contributed by atoms with van der Waals surface area (Å²) in [6.45, 7) is 0. The Balaban J connectivity index is 2.78. The third-order valence-electron chi connectivity index (χ3n) is 2.01. The van der Waals surface area contributed by atoms with Crippen molar-refractivity contribution < 1.29 is 4.39 Å². The highest BCUT2D eigenvalue weighted by atomic mass is 35.5. The molecule has 0 fully saturated rings. The third-order valence-corrected chi connectivity index (χ3v) is 3.01. The summed E-state index contributed by atoms with van der Waals surface area (Å²) in [4.78, 5) is 22.5. The lowest BCUT2D eigenvalue weighted by Crippen LogP contribution is -2.27. The van der Waals surface area contributed by atoms with Gasteiger partial charge in [0, 0.05) is 23.6 Å². The zero-order valence-electron chi connectivity index (χ0n) is 8.11. The molecule has 0 bridgehead atoms. The van der Waals surface area contributed by atoms with Crippen molar-refractivity contribution in [3.8, 4) is 5.69 Å². The molecular weight excluding hydrogens is 255 g/mol. The van der Waals surface area contributed by atoms with Crippen LogP contribution in [0.25, 0.3) is 5.69 Å². The van der Waals surface area contributed by atoms with Crippen LogP contribution >= 0.6 is 23.1 Å². The van der Waals surface area contributed by atoms with E-state index >= 15 is 0 Å². The SMILES string of the molecule is Cn1sc(=O)n(-c2ccc(Cl)cc2F)c1=O. The Kier molecular flexibility index (Phi) is 2.69. The van der Waals surface area contributed by atoms with Gasteiger partial charge in [-0.2, -0.15) is 0 Å². The second-order valence-corrected chi connectivity index (χ2v) is 4.58. The minimum atomic E-state index is -0.704. The number of benzene rings is 1. The average molecular weight is 261 g/mol. The van der Waals surface area contributed by atoms with Crippen LogP contribution in [0.2, 0.25) is 5.02 Å². The smallest absolute Gasteiger partial charge is 0.255 e. The second kappa shape index (κ2) is 3.88. The van der Waals surface area contributed by atoms with Gasteiger partial charge in [-0.05, 0) is 18.2 Å². The Morgan fingerprint density at radius 2 is 2.06 bits per heavy atom. The first-order chi connectivity index (χ1) is 7.50. The molecule has 0 unspecified atom stereocenters. The van der Waals surface area contributed by atoms with E-state index in [9.17, 15) is 14.0 Å². The summed E-state index contributed by atoms with van der Waals surface area (Å²) in [7, 11) is 1.44. The average Bonchev–Trinajstić information content (AvgIpc) is 2.43. The fourth-order valence-electron chi connectivity index (χ4n) is 1.28. The lowest BCUT2D eigenvalue weighted by atomic mass is 10.3. The van der Waals surface area contributed by atoms with E-state index in [1.54, 1.807) is 0 Å². The van der Waals surface area contributed by atoms with E-state index in [0.29, 0.717) is 11.5 Å². The van der Waals surface area contributed by atoms with Gasteiger partial charge in [-0.15, -0.1) is 0 Å². The molecule has 2 rings (SSSR count). The van der Waals surface area contributed by atoms with Crippen LogP contribution in [0.1, 0.15) is 0 Å². The molecule has 84 valence electrons. The van der Waals surface area contributed by atoms with Crippen LogP contribution in [-0.2, 0) is 7.05 Å². The number of aromatic nitrogens is 2. The van der Waals surface area contributed by atoms with Crippen molar-refractivity contribution in [2.45, 2.75) is 0 Å². The second-order valence-electron chi connectivity index (χ2n) is 3.07. The number of aryl methyl sites for hydroxylation is 1. The molecule has 0 atom stereocenters. The quantitative estimate of drug-likeness (QED) is 0.778. The van der Waals surface area contributed by atoms with Gasteiger partial charge in [0.2, 0.25) is 0 Å². The number of halogens is 2. The van der Waals surface area contributed by atoms with E-state index in [2.05, 4.69) is 0 Å². The molecule has 0 N–H and O–H groups in total. The number of nitrogens with zero attached hydrogens (tertiary/aromatic N) is 2. The molecule has 2 aromatic rings. The highest BCUT2D eigenvalue weighted by Gasteiger charge is 2.13. The monoisotopic (exact) mass is 260 g/mol. The van der Waals surface area contributed by atoms with Crippen molar-refractivity contribution in [3.05, 3.63) is 49.2 Å². The first-order valence-corrected chi connectivity index (χ1v) is 5.40. The van der Waals surface area contributed by atoms with Crippen LogP contribution in [0, 0.1) is 5.82 Å². The molecule has 16 heavy (non-hydrogen) atoms. The molecule has 0 spiro atoms. The van der Waals surface area contributed by atoms with Gasteiger partial charge < -0.3 is 0 Å². The third kappa shape index (κ3) is 1.70. The molecule has 1 aromatic carbocycles. The molecule has 0 saturated heterocycles. The van der Waals surface area contributed by atoms with E-state index in [0.717, 1.165) is 14.6 Å². The van der Waals surface area contributed by atoms with Gasteiger partial charge in [-0.1, -0.05) is 11.6 Å². The van der Waals surface area contributed by atoms with Gasteiger partial charge in [0.25, 0.3) is 0 Å². The largest absolute Gasteiger partial charge is 0.345 e. The molecule has 1 heterocycles. The zero-order valence-corrected chi connectivity index (χ0v) is 9.68. The van der Waals surface area contributed by atoms with Crippen LogP contribution in [0.15, 0.2) is 27.8 Å². The fraction of sp³-hybridized carbons (Fsp3) is 0.111. The van der Waals surface area contributed by atoms with Crippen LogP contribution in [-0.4, -0.2) is 8.52 Å². The number of hydrogen-bond acceptors (Lipinski definition) is 3. The molecule has 4 nitrogen and oxygen atoms in total. The maximum absolute atomic E-state index is 13.5. The molecule has 0 aliphatic carbocycles. The molecule has 0 aliphatic rings. The highest BCUT2D eigenvalue weighted by molar-refractivity contribution is 7.03. The van der Waals surface area contributed by atoms with E-state index in [-0.39, 0.29) is 10.7 Å². The van der Waals surface area contributed by atoms with Crippen LogP contribution in [0.4, 0.5) is 4.39 Å². The number of rotatable bonds is 1. The summed E-state index contributed by atoms with van der Waals surface area (Å²) >= 11 is 6.30. The zero-order chi connectivity index (χ0) is 11.9. The molecular formula is C9H6ClFN2O2S. The van der Waals surface area contributed by atoms with Crippen molar-refractivity contribution in [1.29, 1.82) is 0 Å². The molecule has 0 amide bonds. The molecule has 1 aromatic heterocycles. The predicted molar refractivity (Wildman–Crippen MR) is 60.1 cm³/mol. The first-order valence-electron chi connectivity index (χ1n) is 4.25. The molecule has 7 heteroatoms. The van der Waals surface area contributed by atoms with Crippen molar-refractivity contribution >= 4 is 23.1 Å². The van der Waals surface area contributed by atoms with Crippen molar-refractivity contribution in [2.24, 2.45) is 7.05 Å². The van der Waals surface area contributed by atoms with E-state index in [4.69, 9.17) is 11.6 Å². The Hall–Kier alpha value is -1.40. The van der Waals surface area contributed by atoms with E-state index in [1.165, 1.54) is 19.2 Å². The van der Waals surface area contributed by atoms with Gasteiger partial charge >= 0.3 is 10.6 Å². The molecule has 0 aliphatic heterocycles. The van der Waals surface area contributed by atoms with Crippen LogP contribution < -0.4 is 10.6 Å². The molecule has 0 saturated carbocycles. The Bertz CT molecular complexity index is 658. The Labute approximate surface area is 98.3 Å². The Morgan fingerprint density at radius 3 is 2.56 bits per heavy atom. The van der Waals surface area contributed by atoms with Gasteiger partial charge in [-0.25, -0.2) is 17.7 Å². The topological polar surface area (TPSA) is 44.0 Å². The van der Waals surface area contributed by atoms with Crippen molar-refractivity contribution in [2.75, 3.05) is 0 Å². The molecule has 0 radical (unpaired) electrons.